The zero-order valence-corrected chi connectivity index (χ0v) is 10.9. The Hall–Kier alpha value is -1.15. The van der Waals surface area contributed by atoms with Crippen LogP contribution in [0.25, 0.3) is 0 Å². The number of hydrogen-bond acceptors (Lipinski definition) is 2. The third kappa shape index (κ3) is 2.95. The van der Waals surface area contributed by atoms with Gasteiger partial charge in [0, 0.05) is 17.6 Å². The Balaban J connectivity index is 2.21. The van der Waals surface area contributed by atoms with Crippen LogP contribution in [0.4, 0.5) is 0 Å². The summed E-state index contributed by atoms with van der Waals surface area (Å²) in [5.74, 6) is 0.738. The zero-order valence-electron chi connectivity index (χ0n) is 10.9. The monoisotopic (exact) mass is 231 g/mol. The first-order valence-corrected chi connectivity index (χ1v) is 6.43. The molecule has 2 heteroatoms. The predicted octanol–water partition coefficient (Wildman–Crippen LogP) is 3.13. The topological polar surface area (TPSA) is 29.1 Å². The first-order valence-electron chi connectivity index (χ1n) is 6.43. The van der Waals surface area contributed by atoms with Gasteiger partial charge in [-0.25, -0.2) is 0 Å². The highest BCUT2D eigenvalue weighted by Gasteiger charge is 2.24. The number of carbonyl (C=O) groups excluding carboxylic acids is 1. The second-order valence-corrected chi connectivity index (χ2v) is 5.32. The highest BCUT2D eigenvalue weighted by molar-refractivity contribution is 5.94. The van der Waals surface area contributed by atoms with Crippen molar-refractivity contribution in [3.8, 4) is 0 Å². The molecule has 0 amide bonds. The Morgan fingerprint density at radius 3 is 2.47 bits per heavy atom. The molecule has 0 aliphatic carbocycles. The van der Waals surface area contributed by atoms with Crippen LogP contribution in [-0.2, 0) is 0 Å². The van der Waals surface area contributed by atoms with E-state index < -0.39 is 0 Å². The first-order chi connectivity index (χ1) is 8.06. The number of ketones is 1. The van der Waals surface area contributed by atoms with Crippen LogP contribution >= 0.6 is 0 Å². The summed E-state index contributed by atoms with van der Waals surface area (Å²) in [6, 6.07) is 9.25. The van der Waals surface area contributed by atoms with E-state index in [1.807, 2.05) is 12.1 Å². The number of piperidine rings is 1. The summed E-state index contributed by atoms with van der Waals surface area (Å²) < 4.78 is 0. The van der Waals surface area contributed by atoms with E-state index in [1.165, 1.54) is 5.56 Å². The fourth-order valence-electron chi connectivity index (χ4n) is 2.86. The lowest BCUT2D eigenvalue weighted by molar-refractivity contribution is 0.101. The van der Waals surface area contributed by atoms with Crippen molar-refractivity contribution in [2.45, 2.75) is 51.6 Å². The molecule has 2 atom stereocenters. The van der Waals surface area contributed by atoms with Gasteiger partial charge in [0.15, 0.2) is 5.78 Å². The summed E-state index contributed by atoms with van der Waals surface area (Å²) in [7, 11) is 0. The minimum atomic E-state index is 0.155. The van der Waals surface area contributed by atoms with Crippen LogP contribution in [0.3, 0.4) is 0 Å². The minimum absolute atomic E-state index is 0.155. The van der Waals surface area contributed by atoms with Crippen LogP contribution in [0.2, 0.25) is 0 Å². The van der Waals surface area contributed by atoms with Crippen LogP contribution in [0.5, 0.6) is 0 Å². The van der Waals surface area contributed by atoms with E-state index >= 15 is 0 Å². The highest BCUT2D eigenvalue weighted by atomic mass is 16.1. The van der Waals surface area contributed by atoms with Gasteiger partial charge in [-0.1, -0.05) is 18.2 Å². The molecule has 17 heavy (non-hydrogen) atoms. The standard InChI is InChI=1S/C15H21NO/c1-10-7-15(8-11(2)16-10)14-6-4-5-13(9-14)12(3)17/h4-6,9-11,15-16H,7-8H2,1-3H3. The average molecular weight is 231 g/mol. The Bertz CT molecular complexity index is 403. The van der Waals surface area contributed by atoms with Crippen molar-refractivity contribution >= 4 is 5.78 Å². The maximum Gasteiger partial charge on any atom is 0.159 e. The first kappa shape index (κ1) is 12.3. The van der Waals surface area contributed by atoms with E-state index in [-0.39, 0.29) is 5.78 Å². The Morgan fingerprint density at radius 1 is 1.24 bits per heavy atom. The van der Waals surface area contributed by atoms with Crippen molar-refractivity contribution in [1.82, 2.24) is 5.32 Å². The van der Waals surface area contributed by atoms with E-state index in [4.69, 9.17) is 0 Å². The second-order valence-electron chi connectivity index (χ2n) is 5.32. The van der Waals surface area contributed by atoms with Crippen molar-refractivity contribution < 1.29 is 4.79 Å². The third-order valence-electron chi connectivity index (χ3n) is 3.61. The molecule has 0 saturated carbocycles. The van der Waals surface area contributed by atoms with Gasteiger partial charge in [0.2, 0.25) is 0 Å². The van der Waals surface area contributed by atoms with Gasteiger partial charge in [-0.3, -0.25) is 4.79 Å². The molecule has 92 valence electrons. The molecule has 1 saturated heterocycles. The summed E-state index contributed by atoms with van der Waals surface area (Å²) in [6.07, 6.45) is 2.32. The van der Waals surface area contributed by atoms with Crippen LogP contribution in [0, 0.1) is 0 Å². The van der Waals surface area contributed by atoms with E-state index in [2.05, 4.69) is 31.3 Å². The molecule has 0 aromatic heterocycles. The predicted molar refractivity (Wildman–Crippen MR) is 70.5 cm³/mol. The fraction of sp³-hybridized carbons (Fsp3) is 0.533. The molecule has 1 heterocycles. The largest absolute Gasteiger partial charge is 0.312 e. The number of benzene rings is 1. The number of nitrogens with one attached hydrogen (secondary N) is 1. The lowest BCUT2D eigenvalue weighted by Gasteiger charge is -2.33. The highest BCUT2D eigenvalue weighted by Crippen LogP contribution is 2.30. The number of Topliss-reactive ketones (excluding diaryl/α,β-unsaturated/α-hetero) is 1. The third-order valence-corrected chi connectivity index (χ3v) is 3.61. The molecule has 2 rings (SSSR count). The molecular weight excluding hydrogens is 210 g/mol. The Kier molecular flexibility index (Phi) is 3.63. The Morgan fingerprint density at radius 2 is 1.88 bits per heavy atom. The average Bonchev–Trinajstić information content (AvgIpc) is 2.28. The molecule has 0 spiro atoms. The second kappa shape index (κ2) is 5.01. The number of hydrogen-bond donors (Lipinski definition) is 1. The molecule has 1 aromatic carbocycles. The van der Waals surface area contributed by atoms with E-state index in [0.29, 0.717) is 18.0 Å². The summed E-state index contributed by atoms with van der Waals surface area (Å²) in [6.45, 7) is 6.10. The van der Waals surface area contributed by atoms with E-state index in [9.17, 15) is 4.79 Å². The van der Waals surface area contributed by atoms with Gasteiger partial charge in [0.1, 0.15) is 0 Å². The van der Waals surface area contributed by atoms with Gasteiger partial charge < -0.3 is 5.32 Å². The normalized spacial score (nSPS) is 29.0. The lowest BCUT2D eigenvalue weighted by atomic mass is 9.83. The van der Waals surface area contributed by atoms with Gasteiger partial charge in [-0.15, -0.1) is 0 Å². The Labute approximate surface area is 103 Å². The van der Waals surface area contributed by atoms with Gasteiger partial charge in [-0.05, 0) is 51.2 Å². The van der Waals surface area contributed by atoms with Gasteiger partial charge in [0.05, 0.1) is 0 Å². The summed E-state index contributed by atoms with van der Waals surface area (Å²) in [5.41, 5.74) is 2.15. The summed E-state index contributed by atoms with van der Waals surface area (Å²) in [4.78, 5) is 11.4. The molecule has 2 nitrogen and oxygen atoms in total. The SMILES string of the molecule is CC(=O)c1cccc(C2CC(C)NC(C)C2)c1. The van der Waals surface area contributed by atoms with Crippen molar-refractivity contribution in [3.63, 3.8) is 0 Å². The molecule has 1 aromatic rings. The summed E-state index contributed by atoms with van der Waals surface area (Å²) >= 11 is 0. The smallest absolute Gasteiger partial charge is 0.159 e. The van der Waals surface area contributed by atoms with Crippen molar-refractivity contribution in [3.05, 3.63) is 35.4 Å². The van der Waals surface area contributed by atoms with Crippen molar-refractivity contribution in [1.29, 1.82) is 0 Å². The van der Waals surface area contributed by atoms with Crippen LogP contribution in [0.1, 0.15) is 55.5 Å². The molecule has 1 aliphatic rings. The molecule has 2 unspecified atom stereocenters. The summed E-state index contributed by atoms with van der Waals surface area (Å²) in [5, 5.41) is 3.55. The van der Waals surface area contributed by atoms with Gasteiger partial charge >= 0.3 is 0 Å². The number of rotatable bonds is 2. The molecule has 0 bridgehead atoms. The molecular formula is C15H21NO. The van der Waals surface area contributed by atoms with E-state index in [0.717, 1.165) is 18.4 Å². The van der Waals surface area contributed by atoms with Crippen molar-refractivity contribution in [2.24, 2.45) is 0 Å². The van der Waals surface area contributed by atoms with Gasteiger partial charge in [-0.2, -0.15) is 0 Å². The van der Waals surface area contributed by atoms with Gasteiger partial charge in [0.25, 0.3) is 0 Å². The molecule has 1 N–H and O–H groups in total. The molecule has 1 fully saturated rings. The molecule has 1 aliphatic heterocycles. The van der Waals surface area contributed by atoms with Crippen molar-refractivity contribution in [2.75, 3.05) is 0 Å². The maximum absolute atomic E-state index is 11.4. The van der Waals surface area contributed by atoms with Crippen LogP contribution in [0.15, 0.2) is 24.3 Å². The van der Waals surface area contributed by atoms with Crippen LogP contribution < -0.4 is 5.32 Å². The zero-order chi connectivity index (χ0) is 12.4. The maximum atomic E-state index is 11.4. The number of carbonyl (C=O) groups is 1. The fourth-order valence-corrected chi connectivity index (χ4v) is 2.86. The van der Waals surface area contributed by atoms with E-state index in [1.54, 1.807) is 6.92 Å². The quantitative estimate of drug-likeness (QED) is 0.792. The minimum Gasteiger partial charge on any atom is -0.312 e. The molecule has 0 radical (unpaired) electrons. The lowest BCUT2D eigenvalue weighted by Crippen LogP contribution is -2.41. The van der Waals surface area contributed by atoms with Crippen LogP contribution in [-0.4, -0.2) is 17.9 Å².